The lowest BCUT2D eigenvalue weighted by Crippen LogP contribution is -2.12. The summed E-state index contributed by atoms with van der Waals surface area (Å²) in [6.45, 7) is 0.724. The molecule has 3 nitrogen and oxygen atoms in total. The fraction of sp³-hybridized carbons (Fsp3) is 0.250. The molecule has 0 aromatic heterocycles. The molecule has 0 aliphatic heterocycles. The molecule has 0 fully saturated rings. The van der Waals surface area contributed by atoms with Crippen molar-refractivity contribution in [3.05, 3.63) is 52.5 Å². The molecule has 0 aliphatic rings. The lowest BCUT2D eigenvalue weighted by molar-refractivity contribution is 0.410. The van der Waals surface area contributed by atoms with Crippen molar-refractivity contribution in [1.29, 1.82) is 0 Å². The van der Waals surface area contributed by atoms with Crippen LogP contribution in [0.25, 0.3) is 0 Å². The summed E-state index contributed by atoms with van der Waals surface area (Å²) in [4.78, 5) is 2.09. The van der Waals surface area contributed by atoms with Crippen molar-refractivity contribution in [2.45, 2.75) is 6.54 Å². The molecule has 2 rings (SSSR count). The van der Waals surface area contributed by atoms with E-state index < -0.39 is 0 Å². The van der Waals surface area contributed by atoms with E-state index in [1.807, 2.05) is 38.4 Å². The summed E-state index contributed by atoms with van der Waals surface area (Å²) in [5.41, 5.74) is 3.39. The Bertz CT molecular complexity index is 584. The second kappa shape index (κ2) is 6.66. The largest absolute Gasteiger partial charge is 0.496 e. The fourth-order valence-electron chi connectivity index (χ4n) is 2.08. The zero-order valence-corrected chi connectivity index (χ0v) is 13.6. The van der Waals surface area contributed by atoms with E-state index in [0.717, 1.165) is 33.7 Å². The van der Waals surface area contributed by atoms with Crippen LogP contribution in [-0.4, -0.2) is 21.2 Å². The first-order valence-electron chi connectivity index (χ1n) is 6.44. The van der Waals surface area contributed by atoms with Crippen LogP contribution in [0.4, 0.5) is 11.4 Å². The van der Waals surface area contributed by atoms with Crippen LogP contribution in [0.1, 0.15) is 5.56 Å². The lowest BCUT2D eigenvalue weighted by atomic mass is 10.2. The van der Waals surface area contributed by atoms with E-state index in [2.05, 4.69) is 44.3 Å². The molecule has 0 saturated carbocycles. The number of halogens is 1. The molecule has 4 heteroatoms. The maximum absolute atomic E-state index is 5.38. The molecule has 0 aliphatic carbocycles. The monoisotopic (exact) mass is 334 g/mol. The maximum atomic E-state index is 5.38. The smallest absolute Gasteiger partial charge is 0.123 e. The van der Waals surface area contributed by atoms with Crippen molar-refractivity contribution in [2.24, 2.45) is 0 Å². The average molecular weight is 335 g/mol. The average Bonchev–Trinajstić information content (AvgIpc) is 2.45. The van der Waals surface area contributed by atoms with Crippen molar-refractivity contribution < 1.29 is 4.74 Å². The molecule has 0 saturated heterocycles. The van der Waals surface area contributed by atoms with Crippen molar-refractivity contribution in [2.75, 3.05) is 31.4 Å². The van der Waals surface area contributed by atoms with Crippen LogP contribution in [-0.2, 0) is 6.54 Å². The van der Waals surface area contributed by atoms with Crippen LogP contribution in [0, 0.1) is 0 Å². The third-order valence-electron chi connectivity index (χ3n) is 3.10. The van der Waals surface area contributed by atoms with E-state index >= 15 is 0 Å². The second-order valence-electron chi connectivity index (χ2n) is 4.72. The first-order chi connectivity index (χ1) is 9.61. The van der Waals surface area contributed by atoms with Gasteiger partial charge in [0.1, 0.15) is 5.75 Å². The number of para-hydroxylation sites is 1. The van der Waals surface area contributed by atoms with Gasteiger partial charge in [-0.2, -0.15) is 0 Å². The van der Waals surface area contributed by atoms with E-state index in [1.54, 1.807) is 7.11 Å². The van der Waals surface area contributed by atoms with Crippen LogP contribution < -0.4 is 15.0 Å². The van der Waals surface area contributed by atoms with Crippen LogP contribution in [0.15, 0.2) is 46.9 Å². The van der Waals surface area contributed by atoms with E-state index in [4.69, 9.17) is 4.74 Å². The summed E-state index contributed by atoms with van der Waals surface area (Å²) >= 11 is 3.52. The molecule has 0 bridgehead atoms. The van der Waals surface area contributed by atoms with Gasteiger partial charge in [0.05, 0.1) is 18.5 Å². The SMILES string of the molecule is COc1ccccc1CNc1cc(Br)ccc1N(C)C. The van der Waals surface area contributed by atoms with Crippen molar-refractivity contribution in [3.8, 4) is 5.75 Å². The van der Waals surface area contributed by atoms with Gasteiger partial charge in [0.15, 0.2) is 0 Å². The van der Waals surface area contributed by atoms with Crippen LogP contribution in [0.2, 0.25) is 0 Å². The number of nitrogens with zero attached hydrogens (tertiary/aromatic N) is 1. The third kappa shape index (κ3) is 3.45. The van der Waals surface area contributed by atoms with Gasteiger partial charge in [-0.15, -0.1) is 0 Å². The van der Waals surface area contributed by atoms with Gasteiger partial charge in [-0.3, -0.25) is 0 Å². The number of rotatable bonds is 5. The Morgan fingerprint density at radius 3 is 2.60 bits per heavy atom. The zero-order valence-electron chi connectivity index (χ0n) is 12.0. The Labute approximate surface area is 128 Å². The number of methoxy groups -OCH3 is 1. The zero-order chi connectivity index (χ0) is 14.5. The van der Waals surface area contributed by atoms with Crippen LogP contribution in [0.5, 0.6) is 5.75 Å². The van der Waals surface area contributed by atoms with Gasteiger partial charge < -0.3 is 15.0 Å². The van der Waals surface area contributed by atoms with Gasteiger partial charge in [-0.1, -0.05) is 34.1 Å². The highest BCUT2D eigenvalue weighted by molar-refractivity contribution is 9.10. The standard InChI is InChI=1S/C16H19BrN2O/c1-19(2)15-9-8-13(17)10-14(15)18-11-12-6-4-5-7-16(12)20-3/h4-10,18H,11H2,1-3H3. The molecular formula is C16H19BrN2O. The molecule has 0 spiro atoms. The molecule has 106 valence electrons. The van der Waals surface area contributed by atoms with Gasteiger partial charge in [0.2, 0.25) is 0 Å². The summed E-state index contributed by atoms with van der Waals surface area (Å²) in [6, 6.07) is 14.3. The van der Waals surface area contributed by atoms with E-state index in [1.165, 1.54) is 0 Å². The Hall–Kier alpha value is -1.68. The van der Waals surface area contributed by atoms with Gasteiger partial charge in [-0.25, -0.2) is 0 Å². The Kier molecular flexibility index (Phi) is 4.90. The molecule has 0 unspecified atom stereocenters. The molecule has 0 heterocycles. The Balaban J connectivity index is 2.20. The number of ether oxygens (including phenoxy) is 1. The molecule has 20 heavy (non-hydrogen) atoms. The number of hydrogen-bond acceptors (Lipinski definition) is 3. The predicted octanol–water partition coefficient (Wildman–Crippen LogP) is 4.14. The maximum Gasteiger partial charge on any atom is 0.123 e. The normalized spacial score (nSPS) is 10.2. The van der Waals surface area contributed by atoms with E-state index in [0.29, 0.717) is 0 Å². The number of nitrogens with one attached hydrogen (secondary N) is 1. The van der Waals surface area contributed by atoms with Gasteiger partial charge >= 0.3 is 0 Å². The molecule has 0 radical (unpaired) electrons. The molecule has 2 aromatic carbocycles. The van der Waals surface area contributed by atoms with Gasteiger partial charge in [-0.05, 0) is 24.3 Å². The minimum Gasteiger partial charge on any atom is -0.496 e. The van der Waals surface area contributed by atoms with Crippen molar-refractivity contribution in [1.82, 2.24) is 0 Å². The Morgan fingerprint density at radius 1 is 1.15 bits per heavy atom. The quantitative estimate of drug-likeness (QED) is 0.889. The summed E-state index contributed by atoms with van der Waals surface area (Å²) in [5, 5.41) is 3.47. The van der Waals surface area contributed by atoms with Crippen molar-refractivity contribution >= 4 is 27.3 Å². The number of benzene rings is 2. The van der Waals surface area contributed by atoms with E-state index in [-0.39, 0.29) is 0 Å². The lowest BCUT2D eigenvalue weighted by Gasteiger charge is -2.19. The minimum absolute atomic E-state index is 0.724. The highest BCUT2D eigenvalue weighted by Gasteiger charge is 2.07. The van der Waals surface area contributed by atoms with Gasteiger partial charge in [0.25, 0.3) is 0 Å². The van der Waals surface area contributed by atoms with Crippen molar-refractivity contribution in [3.63, 3.8) is 0 Å². The predicted molar refractivity (Wildman–Crippen MR) is 88.8 cm³/mol. The molecule has 0 atom stereocenters. The molecule has 0 amide bonds. The summed E-state index contributed by atoms with van der Waals surface area (Å²) in [6.07, 6.45) is 0. The number of anilines is 2. The molecule has 1 N–H and O–H groups in total. The second-order valence-corrected chi connectivity index (χ2v) is 5.64. The third-order valence-corrected chi connectivity index (χ3v) is 3.60. The highest BCUT2D eigenvalue weighted by Crippen LogP contribution is 2.29. The fourth-order valence-corrected chi connectivity index (χ4v) is 2.44. The van der Waals surface area contributed by atoms with Crippen LogP contribution >= 0.6 is 15.9 Å². The van der Waals surface area contributed by atoms with E-state index in [9.17, 15) is 0 Å². The Morgan fingerprint density at radius 2 is 1.90 bits per heavy atom. The molecular weight excluding hydrogens is 316 g/mol. The number of hydrogen-bond donors (Lipinski definition) is 1. The topological polar surface area (TPSA) is 24.5 Å². The molecule has 2 aromatic rings. The summed E-state index contributed by atoms with van der Waals surface area (Å²) in [5.74, 6) is 0.904. The minimum atomic E-state index is 0.724. The first kappa shape index (κ1) is 14.7. The highest BCUT2D eigenvalue weighted by atomic mass is 79.9. The summed E-state index contributed by atoms with van der Waals surface area (Å²) in [7, 11) is 5.78. The summed E-state index contributed by atoms with van der Waals surface area (Å²) < 4.78 is 6.44. The van der Waals surface area contributed by atoms with Gasteiger partial charge in [0, 0.05) is 30.7 Å². The van der Waals surface area contributed by atoms with Crippen LogP contribution in [0.3, 0.4) is 0 Å². The first-order valence-corrected chi connectivity index (χ1v) is 7.23.